The van der Waals surface area contributed by atoms with Gasteiger partial charge in [-0.2, -0.15) is 0 Å². The smallest absolute Gasteiger partial charge is 0.409 e. The lowest BCUT2D eigenvalue weighted by molar-refractivity contribution is 0.104. The van der Waals surface area contributed by atoms with Gasteiger partial charge in [-0.15, -0.1) is 0 Å². The molecule has 1 aliphatic heterocycles. The lowest BCUT2D eigenvalue weighted by Gasteiger charge is -2.22. The van der Waals surface area contributed by atoms with E-state index >= 15 is 0 Å². The number of hydrogen-bond acceptors (Lipinski definition) is 4. The molecule has 2 aromatic carbocycles. The summed E-state index contributed by atoms with van der Waals surface area (Å²) in [6.45, 7) is 4.22. The van der Waals surface area contributed by atoms with Gasteiger partial charge in [0.1, 0.15) is 5.75 Å². The molecule has 2 aromatic rings. The lowest BCUT2D eigenvalue weighted by atomic mass is 10.1. The van der Waals surface area contributed by atoms with E-state index < -0.39 is 0 Å². The van der Waals surface area contributed by atoms with Gasteiger partial charge >= 0.3 is 6.09 Å². The Kier molecular flexibility index (Phi) is 8.04. The van der Waals surface area contributed by atoms with E-state index in [-0.39, 0.29) is 6.09 Å². The zero-order chi connectivity index (χ0) is 20.6. The molecule has 0 N–H and O–H groups in total. The van der Waals surface area contributed by atoms with E-state index in [2.05, 4.69) is 4.90 Å². The second-order valence-corrected chi connectivity index (χ2v) is 7.90. The molecule has 0 saturated carbocycles. The minimum Gasteiger partial charge on any atom is -0.497 e. The molecule has 156 valence electrons. The molecule has 1 aliphatic rings. The van der Waals surface area contributed by atoms with Crippen molar-refractivity contribution >= 4 is 29.3 Å². The maximum Gasteiger partial charge on any atom is 0.409 e. The largest absolute Gasteiger partial charge is 0.497 e. The summed E-state index contributed by atoms with van der Waals surface area (Å²) in [5, 5.41) is 1.13. The van der Waals surface area contributed by atoms with Gasteiger partial charge in [-0.25, -0.2) is 4.79 Å². The van der Waals surface area contributed by atoms with E-state index in [4.69, 9.17) is 32.7 Å². The molecule has 1 heterocycles. The zero-order valence-electron chi connectivity index (χ0n) is 16.6. The van der Waals surface area contributed by atoms with Crippen molar-refractivity contribution in [1.29, 1.82) is 0 Å². The fraction of sp³-hybridized carbons (Fsp3) is 0.409. The molecule has 0 unspecified atom stereocenters. The van der Waals surface area contributed by atoms with Crippen LogP contribution in [0.2, 0.25) is 10.0 Å². The molecular weight excluding hydrogens is 411 g/mol. The number of methoxy groups -OCH3 is 1. The van der Waals surface area contributed by atoms with Crippen LogP contribution >= 0.6 is 23.2 Å². The molecule has 1 fully saturated rings. The van der Waals surface area contributed by atoms with Crippen LogP contribution in [0.15, 0.2) is 42.5 Å². The van der Waals surface area contributed by atoms with E-state index in [9.17, 15) is 4.79 Å². The molecule has 29 heavy (non-hydrogen) atoms. The van der Waals surface area contributed by atoms with Crippen LogP contribution in [0.5, 0.6) is 5.75 Å². The van der Waals surface area contributed by atoms with Gasteiger partial charge in [0.05, 0.1) is 23.8 Å². The highest BCUT2D eigenvalue weighted by Gasteiger charge is 2.20. The van der Waals surface area contributed by atoms with Crippen molar-refractivity contribution in [2.45, 2.75) is 19.4 Å². The van der Waals surface area contributed by atoms with Crippen molar-refractivity contribution in [3.05, 3.63) is 63.6 Å². The fourth-order valence-corrected chi connectivity index (χ4v) is 3.70. The van der Waals surface area contributed by atoms with Gasteiger partial charge in [0.2, 0.25) is 0 Å². The average molecular weight is 437 g/mol. The molecule has 0 spiro atoms. The van der Waals surface area contributed by atoms with Crippen LogP contribution in [0.1, 0.15) is 17.5 Å². The number of hydrogen-bond donors (Lipinski definition) is 0. The molecule has 5 nitrogen and oxygen atoms in total. The summed E-state index contributed by atoms with van der Waals surface area (Å²) in [6, 6.07) is 13.5. The van der Waals surface area contributed by atoms with E-state index in [1.165, 1.54) is 0 Å². The molecular formula is C22H26Cl2N2O3. The molecule has 0 radical (unpaired) electrons. The monoisotopic (exact) mass is 436 g/mol. The maximum atomic E-state index is 12.4. The van der Waals surface area contributed by atoms with Crippen molar-refractivity contribution in [3.8, 4) is 5.75 Å². The third-order valence-electron chi connectivity index (χ3n) is 4.99. The number of halogens is 2. The first-order chi connectivity index (χ1) is 14.0. The van der Waals surface area contributed by atoms with E-state index in [0.29, 0.717) is 36.2 Å². The highest BCUT2D eigenvalue weighted by atomic mass is 35.5. The number of benzene rings is 2. The number of carbonyl (C=O) groups is 1. The van der Waals surface area contributed by atoms with Gasteiger partial charge in [-0.1, -0.05) is 41.4 Å². The number of nitrogens with zero attached hydrogens (tertiary/aromatic N) is 2. The van der Waals surface area contributed by atoms with Crippen molar-refractivity contribution in [1.82, 2.24) is 9.80 Å². The Morgan fingerprint density at radius 1 is 1.00 bits per heavy atom. The van der Waals surface area contributed by atoms with Crippen LogP contribution < -0.4 is 4.74 Å². The summed E-state index contributed by atoms with van der Waals surface area (Å²) in [7, 11) is 1.64. The van der Waals surface area contributed by atoms with Gasteiger partial charge in [0.15, 0.2) is 0 Å². The molecule has 0 atom stereocenters. The van der Waals surface area contributed by atoms with Crippen molar-refractivity contribution in [3.63, 3.8) is 0 Å². The van der Waals surface area contributed by atoms with Crippen LogP contribution in [0, 0.1) is 0 Å². The first-order valence-corrected chi connectivity index (χ1v) is 10.5. The van der Waals surface area contributed by atoms with Crippen molar-refractivity contribution in [2.75, 3.05) is 39.9 Å². The predicted molar refractivity (Wildman–Crippen MR) is 116 cm³/mol. The Morgan fingerprint density at radius 3 is 2.66 bits per heavy atom. The number of amides is 1. The Labute approximate surface area is 182 Å². The number of carbonyl (C=O) groups excluding carboxylic acids is 1. The third-order valence-corrected chi connectivity index (χ3v) is 5.73. The van der Waals surface area contributed by atoms with Gasteiger partial charge in [0.25, 0.3) is 0 Å². The van der Waals surface area contributed by atoms with Gasteiger partial charge in [-0.3, -0.25) is 4.90 Å². The molecule has 3 rings (SSSR count). The Balaban J connectivity index is 1.44. The average Bonchev–Trinajstić information content (AvgIpc) is 2.96. The summed E-state index contributed by atoms with van der Waals surface area (Å²) >= 11 is 12.1. The minimum absolute atomic E-state index is 0.246. The van der Waals surface area contributed by atoms with Gasteiger partial charge in [-0.05, 0) is 41.8 Å². The fourth-order valence-electron chi connectivity index (χ4n) is 3.38. The topological polar surface area (TPSA) is 42.0 Å². The molecule has 1 saturated heterocycles. The molecule has 0 bridgehead atoms. The van der Waals surface area contributed by atoms with Crippen molar-refractivity contribution in [2.24, 2.45) is 0 Å². The van der Waals surface area contributed by atoms with Crippen LogP contribution in [-0.4, -0.2) is 55.8 Å². The normalized spacial score (nSPS) is 15.1. The molecule has 7 heteroatoms. The second kappa shape index (κ2) is 10.7. The summed E-state index contributed by atoms with van der Waals surface area (Å²) in [5.41, 5.74) is 2.20. The van der Waals surface area contributed by atoms with Crippen LogP contribution in [0.4, 0.5) is 4.79 Å². The molecule has 0 aliphatic carbocycles. The first kappa shape index (κ1) is 21.8. The number of rotatable bonds is 6. The third kappa shape index (κ3) is 6.53. The van der Waals surface area contributed by atoms with Crippen LogP contribution in [0.3, 0.4) is 0 Å². The summed E-state index contributed by atoms with van der Waals surface area (Å²) in [5.74, 6) is 0.809. The predicted octanol–water partition coefficient (Wildman–Crippen LogP) is 4.89. The second-order valence-electron chi connectivity index (χ2n) is 7.08. The van der Waals surface area contributed by atoms with E-state index in [1.807, 2.05) is 42.5 Å². The Hall–Kier alpha value is -1.95. The van der Waals surface area contributed by atoms with E-state index in [1.54, 1.807) is 12.0 Å². The van der Waals surface area contributed by atoms with Gasteiger partial charge < -0.3 is 14.4 Å². The SMILES string of the molecule is COc1cccc(CCOC(=O)N2CCCN(Cc3ccc(Cl)c(Cl)c3)CC2)c1. The maximum absolute atomic E-state index is 12.4. The standard InChI is InChI=1S/C22H26Cl2N2O3/c1-28-19-5-2-4-17(14-19)8-13-29-22(27)26-10-3-9-25(11-12-26)16-18-6-7-20(23)21(24)15-18/h2,4-7,14-15H,3,8-13,16H2,1H3. The highest BCUT2D eigenvalue weighted by molar-refractivity contribution is 6.42. The Morgan fingerprint density at radius 2 is 1.86 bits per heavy atom. The molecule has 1 amide bonds. The highest BCUT2D eigenvalue weighted by Crippen LogP contribution is 2.23. The summed E-state index contributed by atoms with van der Waals surface area (Å²) < 4.78 is 10.7. The van der Waals surface area contributed by atoms with E-state index in [0.717, 1.165) is 42.9 Å². The minimum atomic E-state index is -0.246. The summed E-state index contributed by atoms with van der Waals surface area (Å²) in [6.07, 6.45) is 1.33. The number of ether oxygens (including phenoxy) is 2. The summed E-state index contributed by atoms with van der Waals surface area (Å²) in [4.78, 5) is 16.6. The van der Waals surface area contributed by atoms with Crippen LogP contribution in [0.25, 0.3) is 0 Å². The van der Waals surface area contributed by atoms with Gasteiger partial charge in [0, 0.05) is 39.1 Å². The zero-order valence-corrected chi connectivity index (χ0v) is 18.1. The Bertz CT molecular complexity index is 831. The molecule has 0 aromatic heterocycles. The lowest BCUT2D eigenvalue weighted by Crippen LogP contribution is -2.35. The first-order valence-electron chi connectivity index (χ1n) is 9.76. The van der Waals surface area contributed by atoms with Crippen LogP contribution in [-0.2, 0) is 17.7 Å². The van der Waals surface area contributed by atoms with Crippen molar-refractivity contribution < 1.29 is 14.3 Å². The quantitative estimate of drug-likeness (QED) is 0.646.